The van der Waals surface area contributed by atoms with Crippen molar-refractivity contribution in [2.45, 2.75) is 26.8 Å². The summed E-state index contributed by atoms with van der Waals surface area (Å²) in [6.07, 6.45) is 2.63. The van der Waals surface area contributed by atoms with E-state index in [9.17, 15) is 0 Å². The standard InChI is InChI=1S/C15H19N3O2/c1-4-11-5-6-13(14(7-11)19-3)20-15-17-9-12(8-16)10(2)18-15/h5-7,9H,4,8,16H2,1-3H3. The topological polar surface area (TPSA) is 70.3 Å². The zero-order valence-electron chi connectivity index (χ0n) is 12.0. The maximum absolute atomic E-state index is 5.69. The predicted molar refractivity (Wildman–Crippen MR) is 77.1 cm³/mol. The molecule has 0 saturated carbocycles. The molecule has 0 atom stereocenters. The smallest absolute Gasteiger partial charge is 0.322 e. The van der Waals surface area contributed by atoms with E-state index in [-0.39, 0.29) is 0 Å². The minimum atomic E-state index is 0.294. The average molecular weight is 273 g/mol. The van der Waals surface area contributed by atoms with Crippen LogP contribution in [0.15, 0.2) is 24.4 Å². The first kappa shape index (κ1) is 14.3. The van der Waals surface area contributed by atoms with Crippen LogP contribution in [0, 0.1) is 6.92 Å². The van der Waals surface area contributed by atoms with Crippen molar-refractivity contribution in [1.29, 1.82) is 0 Å². The van der Waals surface area contributed by atoms with Crippen LogP contribution in [0.1, 0.15) is 23.7 Å². The zero-order valence-corrected chi connectivity index (χ0v) is 12.0. The van der Waals surface area contributed by atoms with Crippen LogP contribution in [0.3, 0.4) is 0 Å². The lowest BCUT2D eigenvalue weighted by atomic mass is 10.1. The minimum Gasteiger partial charge on any atom is -0.493 e. The molecule has 0 saturated heterocycles. The highest BCUT2D eigenvalue weighted by Gasteiger charge is 2.09. The molecule has 0 aliphatic heterocycles. The van der Waals surface area contributed by atoms with Crippen molar-refractivity contribution in [3.8, 4) is 17.5 Å². The Kier molecular flexibility index (Phi) is 4.53. The summed E-state index contributed by atoms with van der Waals surface area (Å²) in [5.74, 6) is 1.28. The van der Waals surface area contributed by atoms with E-state index in [2.05, 4.69) is 16.9 Å². The number of ether oxygens (including phenoxy) is 2. The Morgan fingerprint density at radius 1 is 1.25 bits per heavy atom. The molecule has 1 aromatic heterocycles. The third-order valence-electron chi connectivity index (χ3n) is 3.12. The number of nitrogens with two attached hydrogens (primary N) is 1. The first-order valence-corrected chi connectivity index (χ1v) is 6.55. The second-order valence-corrected chi connectivity index (χ2v) is 4.41. The van der Waals surface area contributed by atoms with Gasteiger partial charge in [-0.15, -0.1) is 0 Å². The fourth-order valence-electron chi connectivity index (χ4n) is 1.83. The van der Waals surface area contributed by atoms with Crippen LogP contribution in [0.2, 0.25) is 0 Å². The normalized spacial score (nSPS) is 10.4. The SMILES string of the molecule is CCc1ccc(Oc2ncc(CN)c(C)n2)c(OC)c1. The van der Waals surface area contributed by atoms with Crippen molar-refractivity contribution in [2.75, 3.05) is 7.11 Å². The minimum absolute atomic E-state index is 0.294. The van der Waals surface area contributed by atoms with Crippen molar-refractivity contribution < 1.29 is 9.47 Å². The van der Waals surface area contributed by atoms with Crippen LogP contribution in [0.25, 0.3) is 0 Å². The summed E-state index contributed by atoms with van der Waals surface area (Å²) >= 11 is 0. The molecule has 2 rings (SSSR count). The number of rotatable bonds is 5. The summed E-state index contributed by atoms with van der Waals surface area (Å²) in [4.78, 5) is 8.44. The van der Waals surface area contributed by atoms with E-state index >= 15 is 0 Å². The van der Waals surface area contributed by atoms with Gasteiger partial charge in [0.1, 0.15) is 0 Å². The Hall–Kier alpha value is -2.14. The number of aromatic nitrogens is 2. The molecule has 5 heteroatoms. The molecule has 2 N–H and O–H groups in total. The monoisotopic (exact) mass is 273 g/mol. The van der Waals surface area contributed by atoms with E-state index in [0.29, 0.717) is 24.1 Å². The van der Waals surface area contributed by atoms with Crippen LogP contribution in [0.4, 0.5) is 0 Å². The van der Waals surface area contributed by atoms with Gasteiger partial charge in [0, 0.05) is 24.0 Å². The zero-order chi connectivity index (χ0) is 14.5. The first-order chi connectivity index (χ1) is 9.67. The molecule has 0 fully saturated rings. The molecule has 0 radical (unpaired) electrons. The molecule has 1 aromatic carbocycles. The van der Waals surface area contributed by atoms with Crippen molar-refractivity contribution >= 4 is 0 Å². The fraction of sp³-hybridized carbons (Fsp3) is 0.333. The number of aryl methyl sites for hydroxylation is 2. The molecule has 0 spiro atoms. The van der Waals surface area contributed by atoms with Gasteiger partial charge in [0.15, 0.2) is 11.5 Å². The first-order valence-electron chi connectivity index (χ1n) is 6.55. The molecule has 2 aromatic rings. The van der Waals surface area contributed by atoms with E-state index in [4.69, 9.17) is 15.2 Å². The summed E-state index contributed by atoms with van der Waals surface area (Å²) in [7, 11) is 1.62. The molecular formula is C15H19N3O2. The summed E-state index contributed by atoms with van der Waals surface area (Å²) in [6, 6.07) is 6.12. The van der Waals surface area contributed by atoms with Crippen LogP contribution in [-0.2, 0) is 13.0 Å². The van der Waals surface area contributed by atoms with Crippen molar-refractivity contribution in [3.05, 3.63) is 41.2 Å². The van der Waals surface area contributed by atoms with Crippen LogP contribution in [0.5, 0.6) is 17.5 Å². The maximum atomic E-state index is 5.69. The summed E-state index contributed by atoms with van der Waals surface area (Å²) in [5, 5.41) is 0. The van der Waals surface area contributed by atoms with Gasteiger partial charge in [-0.25, -0.2) is 4.98 Å². The van der Waals surface area contributed by atoms with Gasteiger partial charge in [-0.3, -0.25) is 0 Å². The third-order valence-corrected chi connectivity index (χ3v) is 3.12. The predicted octanol–water partition coefficient (Wildman–Crippen LogP) is 2.61. The van der Waals surface area contributed by atoms with E-state index in [1.807, 2.05) is 25.1 Å². The Morgan fingerprint density at radius 3 is 2.65 bits per heavy atom. The summed E-state index contributed by atoms with van der Waals surface area (Å²) in [6.45, 7) is 4.39. The van der Waals surface area contributed by atoms with Gasteiger partial charge in [0.25, 0.3) is 0 Å². The van der Waals surface area contributed by atoms with Crippen LogP contribution in [-0.4, -0.2) is 17.1 Å². The molecular weight excluding hydrogens is 254 g/mol. The number of methoxy groups -OCH3 is 1. The molecule has 0 aliphatic carbocycles. The van der Waals surface area contributed by atoms with Crippen LogP contribution >= 0.6 is 0 Å². The Morgan fingerprint density at radius 2 is 2.05 bits per heavy atom. The molecule has 106 valence electrons. The lowest BCUT2D eigenvalue weighted by Gasteiger charge is -2.11. The van der Waals surface area contributed by atoms with E-state index in [1.54, 1.807) is 13.3 Å². The van der Waals surface area contributed by atoms with Gasteiger partial charge in [-0.1, -0.05) is 13.0 Å². The number of benzene rings is 1. The molecule has 0 amide bonds. The molecule has 0 unspecified atom stereocenters. The molecule has 1 heterocycles. The molecule has 5 nitrogen and oxygen atoms in total. The van der Waals surface area contributed by atoms with Gasteiger partial charge in [-0.05, 0) is 31.0 Å². The highest BCUT2D eigenvalue weighted by atomic mass is 16.5. The van der Waals surface area contributed by atoms with Gasteiger partial charge < -0.3 is 15.2 Å². The fourth-order valence-corrected chi connectivity index (χ4v) is 1.83. The summed E-state index contributed by atoms with van der Waals surface area (Å²) in [5.41, 5.74) is 8.50. The van der Waals surface area contributed by atoms with Crippen molar-refractivity contribution in [2.24, 2.45) is 5.73 Å². The lowest BCUT2D eigenvalue weighted by molar-refractivity contribution is 0.367. The average Bonchev–Trinajstić information content (AvgIpc) is 2.48. The largest absolute Gasteiger partial charge is 0.493 e. The Balaban J connectivity index is 2.27. The highest BCUT2D eigenvalue weighted by Crippen LogP contribution is 2.31. The third kappa shape index (κ3) is 3.05. The highest BCUT2D eigenvalue weighted by molar-refractivity contribution is 5.44. The number of nitrogens with zero attached hydrogens (tertiary/aromatic N) is 2. The second-order valence-electron chi connectivity index (χ2n) is 4.41. The van der Waals surface area contributed by atoms with Gasteiger partial charge >= 0.3 is 6.01 Å². The van der Waals surface area contributed by atoms with E-state index < -0.39 is 0 Å². The number of hydrogen-bond acceptors (Lipinski definition) is 5. The maximum Gasteiger partial charge on any atom is 0.322 e. The van der Waals surface area contributed by atoms with Crippen LogP contribution < -0.4 is 15.2 Å². The Bertz CT molecular complexity index is 600. The molecule has 0 aliphatic rings. The summed E-state index contributed by atoms with van der Waals surface area (Å²) < 4.78 is 11.0. The van der Waals surface area contributed by atoms with Gasteiger partial charge in [-0.2, -0.15) is 4.98 Å². The van der Waals surface area contributed by atoms with E-state index in [0.717, 1.165) is 17.7 Å². The molecule has 0 bridgehead atoms. The van der Waals surface area contributed by atoms with Gasteiger partial charge in [0.05, 0.1) is 7.11 Å². The second kappa shape index (κ2) is 6.34. The number of hydrogen-bond donors (Lipinski definition) is 1. The Labute approximate surface area is 118 Å². The van der Waals surface area contributed by atoms with Crippen molar-refractivity contribution in [3.63, 3.8) is 0 Å². The van der Waals surface area contributed by atoms with Gasteiger partial charge in [0.2, 0.25) is 0 Å². The molecule has 20 heavy (non-hydrogen) atoms. The quantitative estimate of drug-likeness (QED) is 0.906. The van der Waals surface area contributed by atoms with E-state index in [1.165, 1.54) is 5.56 Å². The lowest BCUT2D eigenvalue weighted by Crippen LogP contribution is -2.03. The van der Waals surface area contributed by atoms with Crippen molar-refractivity contribution in [1.82, 2.24) is 9.97 Å².